The second kappa shape index (κ2) is 12.8. The molecule has 0 aliphatic heterocycles. The van der Waals surface area contributed by atoms with Gasteiger partial charge in [-0.2, -0.15) is 4.31 Å². The molecule has 1 aromatic rings. The van der Waals surface area contributed by atoms with Gasteiger partial charge in [0.05, 0.1) is 24.7 Å². The predicted molar refractivity (Wildman–Crippen MR) is 120 cm³/mol. The van der Waals surface area contributed by atoms with Crippen LogP contribution in [0.15, 0.2) is 65.1 Å². The van der Waals surface area contributed by atoms with E-state index in [9.17, 15) is 8.42 Å². The molecule has 0 N–H and O–H groups in total. The molecule has 0 aliphatic carbocycles. The number of ether oxygens (including phenoxy) is 1. The fourth-order valence-corrected chi connectivity index (χ4v) is 3.36. The van der Waals surface area contributed by atoms with Crippen molar-refractivity contribution in [2.24, 2.45) is 0 Å². The van der Waals surface area contributed by atoms with Crippen LogP contribution in [0.1, 0.15) is 26.3 Å². The molecular weight excluding hydrogens is 382 g/mol. The van der Waals surface area contributed by atoms with Crippen LogP contribution in [0.25, 0.3) is 0 Å². The van der Waals surface area contributed by atoms with Crippen molar-refractivity contribution in [2.75, 3.05) is 26.3 Å². The lowest BCUT2D eigenvalue weighted by atomic mass is 10.2. The average Bonchev–Trinajstić information content (AvgIpc) is 2.67. The van der Waals surface area contributed by atoms with E-state index in [1.54, 1.807) is 30.3 Å². The molecule has 0 unspecified atom stereocenters. The third-order valence-electron chi connectivity index (χ3n) is 3.77. The van der Waals surface area contributed by atoms with E-state index in [0.29, 0.717) is 13.2 Å². The first-order valence-corrected chi connectivity index (χ1v) is 10.8. The second-order valence-electron chi connectivity index (χ2n) is 6.66. The Morgan fingerprint density at radius 2 is 1.79 bits per heavy atom. The first-order chi connectivity index (χ1) is 13.8. The summed E-state index contributed by atoms with van der Waals surface area (Å²) in [5.74, 6) is 11.2. The fraction of sp³-hybridized carbons (Fsp3) is 0.333. The zero-order valence-corrected chi connectivity index (χ0v) is 18.5. The van der Waals surface area contributed by atoms with Gasteiger partial charge in [-0.25, -0.2) is 8.42 Å². The molecule has 0 amide bonds. The highest BCUT2D eigenvalue weighted by Gasteiger charge is 2.22. The zero-order chi connectivity index (χ0) is 21.7. The molecule has 0 bridgehead atoms. The Kier molecular flexibility index (Phi) is 10.8. The van der Waals surface area contributed by atoms with E-state index in [4.69, 9.17) is 4.74 Å². The first kappa shape index (κ1) is 24.5. The van der Waals surface area contributed by atoms with Gasteiger partial charge in [0, 0.05) is 6.54 Å². The van der Waals surface area contributed by atoms with Gasteiger partial charge >= 0.3 is 0 Å². The minimum absolute atomic E-state index is 0.0693. The summed E-state index contributed by atoms with van der Waals surface area (Å²) >= 11 is 0. The Morgan fingerprint density at radius 1 is 1.10 bits per heavy atom. The Morgan fingerprint density at radius 3 is 2.41 bits per heavy atom. The van der Waals surface area contributed by atoms with E-state index in [2.05, 4.69) is 30.3 Å². The molecule has 4 nitrogen and oxygen atoms in total. The maximum atomic E-state index is 13.0. The third-order valence-corrected chi connectivity index (χ3v) is 5.60. The summed E-state index contributed by atoms with van der Waals surface area (Å²) in [6.45, 7) is 12.5. The van der Waals surface area contributed by atoms with Crippen molar-refractivity contribution < 1.29 is 13.2 Å². The summed E-state index contributed by atoms with van der Waals surface area (Å²) in [7, 11) is -3.63. The Balaban J connectivity index is 2.90. The summed E-state index contributed by atoms with van der Waals surface area (Å²) < 4.78 is 32.5. The van der Waals surface area contributed by atoms with Crippen LogP contribution in [0.2, 0.25) is 0 Å². The Bertz CT molecular complexity index is 959. The van der Waals surface area contributed by atoms with Crippen LogP contribution < -0.4 is 0 Å². The quantitative estimate of drug-likeness (QED) is 0.349. The van der Waals surface area contributed by atoms with Crippen molar-refractivity contribution in [3.63, 3.8) is 0 Å². The summed E-state index contributed by atoms with van der Waals surface area (Å²) in [6, 6.07) is 6.82. The van der Waals surface area contributed by atoms with Crippen LogP contribution in [0, 0.1) is 30.6 Å². The van der Waals surface area contributed by atoms with Crippen molar-refractivity contribution >= 4 is 10.0 Å². The minimum Gasteiger partial charge on any atom is -0.373 e. The third kappa shape index (κ3) is 9.45. The Labute approximate surface area is 176 Å². The van der Waals surface area contributed by atoms with Crippen LogP contribution in [0.5, 0.6) is 0 Å². The molecule has 0 saturated heterocycles. The number of nitrogens with zero attached hydrogens (tertiary/aromatic N) is 1. The molecule has 0 saturated carbocycles. The van der Waals surface area contributed by atoms with E-state index < -0.39 is 10.0 Å². The SMILES string of the molecule is C=CCOC/C=C(\C)C#CC#CCN(CC=C(C)C)S(=O)(=O)c1ccc(C)cc1. The van der Waals surface area contributed by atoms with Crippen LogP contribution >= 0.6 is 0 Å². The number of sulfonamides is 1. The van der Waals surface area contributed by atoms with Crippen molar-refractivity contribution in [3.8, 4) is 23.7 Å². The molecule has 0 aliphatic rings. The molecule has 0 spiro atoms. The smallest absolute Gasteiger partial charge is 0.244 e. The lowest BCUT2D eigenvalue weighted by molar-refractivity contribution is 0.194. The highest BCUT2D eigenvalue weighted by molar-refractivity contribution is 7.89. The second-order valence-corrected chi connectivity index (χ2v) is 8.60. The summed E-state index contributed by atoms with van der Waals surface area (Å²) in [4.78, 5) is 0.261. The number of rotatable bonds is 9. The normalized spacial score (nSPS) is 11.1. The topological polar surface area (TPSA) is 46.6 Å². The van der Waals surface area contributed by atoms with Crippen molar-refractivity contribution in [1.82, 2.24) is 4.31 Å². The number of hydrogen-bond donors (Lipinski definition) is 0. The van der Waals surface area contributed by atoms with Gasteiger partial charge in [-0.1, -0.05) is 47.3 Å². The molecule has 29 heavy (non-hydrogen) atoms. The number of hydrogen-bond acceptors (Lipinski definition) is 3. The van der Waals surface area contributed by atoms with Gasteiger partial charge < -0.3 is 4.74 Å². The molecule has 0 heterocycles. The van der Waals surface area contributed by atoms with E-state index >= 15 is 0 Å². The van der Waals surface area contributed by atoms with Gasteiger partial charge in [-0.3, -0.25) is 0 Å². The molecule has 1 aromatic carbocycles. The minimum atomic E-state index is -3.63. The lowest BCUT2D eigenvalue weighted by Crippen LogP contribution is -2.31. The average molecular weight is 412 g/mol. The van der Waals surface area contributed by atoms with Gasteiger partial charge in [-0.05, 0) is 63.3 Å². The molecule has 0 radical (unpaired) electrons. The van der Waals surface area contributed by atoms with Crippen LogP contribution in [0.3, 0.4) is 0 Å². The molecule has 154 valence electrons. The van der Waals surface area contributed by atoms with Gasteiger partial charge in [0.25, 0.3) is 0 Å². The molecule has 0 fully saturated rings. The van der Waals surface area contributed by atoms with Crippen molar-refractivity contribution in [3.05, 3.63) is 65.8 Å². The number of aryl methyl sites for hydroxylation is 1. The van der Waals surface area contributed by atoms with E-state index in [-0.39, 0.29) is 18.0 Å². The maximum Gasteiger partial charge on any atom is 0.244 e. The number of benzene rings is 1. The van der Waals surface area contributed by atoms with E-state index in [1.165, 1.54) is 4.31 Å². The highest BCUT2D eigenvalue weighted by atomic mass is 32.2. The largest absolute Gasteiger partial charge is 0.373 e. The van der Waals surface area contributed by atoms with E-state index in [1.807, 2.05) is 39.8 Å². The predicted octanol–water partition coefficient (Wildman–Crippen LogP) is 4.11. The van der Waals surface area contributed by atoms with Crippen molar-refractivity contribution in [1.29, 1.82) is 0 Å². The van der Waals surface area contributed by atoms with Crippen molar-refractivity contribution in [2.45, 2.75) is 32.6 Å². The standard InChI is InChI=1S/C24H29NO3S/c1-6-19-28-20-16-22(4)10-8-7-9-17-25(18-15-21(2)3)29(26,27)24-13-11-23(5)12-14-24/h6,11-16H,1,17-20H2,2-5H3/b22-16+. The Hall–Kier alpha value is -2.57. The summed E-state index contributed by atoms with van der Waals surface area (Å²) in [5.41, 5.74) is 2.89. The summed E-state index contributed by atoms with van der Waals surface area (Å²) in [5, 5.41) is 0. The van der Waals surface area contributed by atoms with Crippen LogP contribution in [-0.4, -0.2) is 39.0 Å². The molecule has 0 atom stereocenters. The van der Waals surface area contributed by atoms with Gasteiger partial charge in [0.1, 0.15) is 0 Å². The monoisotopic (exact) mass is 411 g/mol. The highest BCUT2D eigenvalue weighted by Crippen LogP contribution is 2.16. The maximum absolute atomic E-state index is 13.0. The van der Waals surface area contributed by atoms with E-state index in [0.717, 1.165) is 16.7 Å². The summed E-state index contributed by atoms with van der Waals surface area (Å²) in [6.07, 6.45) is 5.42. The molecular formula is C24H29NO3S. The first-order valence-electron chi connectivity index (χ1n) is 9.32. The van der Waals surface area contributed by atoms with Gasteiger partial charge in [0.15, 0.2) is 0 Å². The molecule has 0 aromatic heterocycles. The molecule has 5 heteroatoms. The fourth-order valence-electron chi connectivity index (χ4n) is 2.08. The van der Waals surface area contributed by atoms with Gasteiger partial charge in [-0.15, -0.1) is 6.58 Å². The van der Waals surface area contributed by atoms with Gasteiger partial charge in [0.2, 0.25) is 10.0 Å². The molecule has 1 rings (SSSR count). The number of allylic oxidation sites excluding steroid dienone is 2. The van der Waals surface area contributed by atoms with Crippen LogP contribution in [0.4, 0.5) is 0 Å². The lowest BCUT2D eigenvalue weighted by Gasteiger charge is -2.18. The zero-order valence-electron chi connectivity index (χ0n) is 17.7. The van der Waals surface area contributed by atoms with Crippen LogP contribution in [-0.2, 0) is 14.8 Å².